The van der Waals surface area contributed by atoms with E-state index in [2.05, 4.69) is 0 Å². The van der Waals surface area contributed by atoms with Crippen LogP contribution in [0.5, 0.6) is 0 Å². The monoisotopic (exact) mass is 256 g/mol. The summed E-state index contributed by atoms with van der Waals surface area (Å²) in [6.45, 7) is 1.98. The SMILES string of the molecule is Cc1ccc(S(=O)OC2CCC(F)CC2)cc1. The molecule has 17 heavy (non-hydrogen) atoms. The molecule has 0 heterocycles. The van der Waals surface area contributed by atoms with Gasteiger partial charge in [-0.05, 0) is 44.7 Å². The maximum absolute atomic E-state index is 12.9. The first-order chi connectivity index (χ1) is 8.15. The van der Waals surface area contributed by atoms with Crippen molar-refractivity contribution < 1.29 is 12.8 Å². The van der Waals surface area contributed by atoms with Crippen LogP contribution in [0, 0.1) is 6.92 Å². The van der Waals surface area contributed by atoms with E-state index >= 15 is 0 Å². The summed E-state index contributed by atoms with van der Waals surface area (Å²) in [5.41, 5.74) is 1.13. The van der Waals surface area contributed by atoms with Gasteiger partial charge in [-0.25, -0.2) is 8.60 Å². The van der Waals surface area contributed by atoms with Crippen molar-refractivity contribution in [3.63, 3.8) is 0 Å². The second-order valence-electron chi connectivity index (χ2n) is 4.52. The van der Waals surface area contributed by atoms with Gasteiger partial charge >= 0.3 is 0 Å². The molecule has 1 saturated carbocycles. The van der Waals surface area contributed by atoms with Gasteiger partial charge in [0.05, 0.1) is 11.0 Å². The van der Waals surface area contributed by atoms with Gasteiger partial charge in [-0.3, -0.25) is 4.18 Å². The molecular formula is C13H17FO2S. The van der Waals surface area contributed by atoms with Crippen molar-refractivity contribution in [3.8, 4) is 0 Å². The first-order valence-electron chi connectivity index (χ1n) is 5.95. The van der Waals surface area contributed by atoms with Gasteiger partial charge < -0.3 is 0 Å². The molecule has 0 saturated heterocycles. The smallest absolute Gasteiger partial charge is 0.189 e. The molecule has 1 aliphatic rings. The van der Waals surface area contributed by atoms with Crippen LogP contribution in [0.15, 0.2) is 29.2 Å². The third kappa shape index (κ3) is 3.61. The van der Waals surface area contributed by atoms with E-state index in [1.807, 2.05) is 31.2 Å². The summed E-state index contributed by atoms with van der Waals surface area (Å²) in [5, 5.41) is 0. The average Bonchev–Trinajstić information content (AvgIpc) is 2.33. The maximum atomic E-state index is 12.9. The molecule has 2 nitrogen and oxygen atoms in total. The lowest BCUT2D eigenvalue weighted by atomic mass is 9.96. The first kappa shape index (κ1) is 12.7. The largest absolute Gasteiger partial charge is 0.283 e. The minimum Gasteiger partial charge on any atom is -0.283 e. The van der Waals surface area contributed by atoms with Gasteiger partial charge in [-0.2, -0.15) is 0 Å². The molecule has 1 unspecified atom stereocenters. The fourth-order valence-corrected chi connectivity index (χ4v) is 2.86. The fraction of sp³-hybridized carbons (Fsp3) is 0.538. The van der Waals surface area contributed by atoms with Crippen molar-refractivity contribution >= 4 is 11.1 Å². The Hall–Kier alpha value is -0.740. The molecule has 94 valence electrons. The fourth-order valence-electron chi connectivity index (χ4n) is 1.95. The van der Waals surface area contributed by atoms with Gasteiger partial charge in [0.2, 0.25) is 0 Å². The molecule has 0 bridgehead atoms. The van der Waals surface area contributed by atoms with Crippen molar-refractivity contribution in [2.45, 2.75) is 49.8 Å². The molecule has 1 aliphatic carbocycles. The van der Waals surface area contributed by atoms with Gasteiger partial charge in [-0.15, -0.1) is 0 Å². The van der Waals surface area contributed by atoms with Crippen molar-refractivity contribution in [2.75, 3.05) is 0 Å². The number of rotatable bonds is 3. The number of benzene rings is 1. The third-order valence-electron chi connectivity index (χ3n) is 3.04. The molecule has 1 atom stereocenters. The molecule has 4 heteroatoms. The topological polar surface area (TPSA) is 26.3 Å². The lowest BCUT2D eigenvalue weighted by molar-refractivity contribution is 0.126. The van der Waals surface area contributed by atoms with Gasteiger partial charge in [-0.1, -0.05) is 17.7 Å². The highest BCUT2D eigenvalue weighted by Crippen LogP contribution is 2.25. The number of hydrogen-bond acceptors (Lipinski definition) is 2. The summed E-state index contributed by atoms with van der Waals surface area (Å²) >= 11 is -1.42. The van der Waals surface area contributed by atoms with Crippen LogP contribution in [-0.2, 0) is 15.3 Å². The molecule has 2 rings (SSSR count). The van der Waals surface area contributed by atoms with E-state index in [0.29, 0.717) is 30.6 Å². The number of hydrogen-bond donors (Lipinski definition) is 0. The normalized spacial score (nSPS) is 26.7. The Labute approximate surface area is 104 Å². The van der Waals surface area contributed by atoms with Gasteiger partial charge in [0, 0.05) is 0 Å². The molecule has 1 aromatic carbocycles. The van der Waals surface area contributed by atoms with Crippen LogP contribution < -0.4 is 0 Å². The van der Waals surface area contributed by atoms with Crippen molar-refractivity contribution in [2.24, 2.45) is 0 Å². The molecule has 1 aromatic rings. The summed E-state index contributed by atoms with van der Waals surface area (Å²) in [6.07, 6.45) is 1.61. The molecule has 0 aromatic heterocycles. The van der Waals surface area contributed by atoms with Crippen LogP contribution in [0.4, 0.5) is 4.39 Å². The minimum absolute atomic E-state index is 0.0656. The minimum atomic E-state index is -1.42. The average molecular weight is 256 g/mol. The molecule has 0 radical (unpaired) electrons. The van der Waals surface area contributed by atoms with E-state index < -0.39 is 17.3 Å². The Morgan fingerprint density at radius 1 is 1.18 bits per heavy atom. The Morgan fingerprint density at radius 2 is 1.76 bits per heavy atom. The zero-order chi connectivity index (χ0) is 12.3. The van der Waals surface area contributed by atoms with Crippen LogP contribution in [0.2, 0.25) is 0 Å². The molecule has 0 spiro atoms. The Kier molecular flexibility index (Phi) is 4.29. The Bertz CT molecular complexity index is 383. The van der Waals surface area contributed by atoms with Crippen LogP contribution in [0.3, 0.4) is 0 Å². The summed E-state index contributed by atoms with van der Waals surface area (Å²) in [7, 11) is 0. The van der Waals surface area contributed by atoms with Crippen LogP contribution in [0.25, 0.3) is 0 Å². The van der Waals surface area contributed by atoms with E-state index in [4.69, 9.17) is 4.18 Å². The molecular weight excluding hydrogens is 239 g/mol. The predicted octanol–water partition coefficient (Wildman–Crippen LogP) is 3.31. The Balaban J connectivity index is 1.91. The second kappa shape index (κ2) is 5.74. The highest BCUT2D eigenvalue weighted by Gasteiger charge is 2.23. The van der Waals surface area contributed by atoms with Crippen molar-refractivity contribution in [1.29, 1.82) is 0 Å². The number of alkyl halides is 1. The van der Waals surface area contributed by atoms with E-state index in [1.165, 1.54) is 0 Å². The highest BCUT2D eigenvalue weighted by atomic mass is 32.2. The quantitative estimate of drug-likeness (QED) is 0.829. The maximum Gasteiger partial charge on any atom is 0.189 e. The van der Waals surface area contributed by atoms with E-state index in [9.17, 15) is 8.60 Å². The van der Waals surface area contributed by atoms with Crippen LogP contribution in [-0.4, -0.2) is 16.5 Å². The van der Waals surface area contributed by atoms with Crippen molar-refractivity contribution in [3.05, 3.63) is 29.8 Å². The van der Waals surface area contributed by atoms with Crippen molar-refractivity contribution in [1.82, 2.24) is 0 Å². The number of aryl methyl sites for hydroxylation is 1. The number of halogens is 1. The van der Waals surface area contributed by atoms with Gasteiger partial charge in [0.25, 0.3) is 0 Å². The standard InChI is InChI=1S/C13H17FO2S/c1-10-2-8-13(9-3-10)17(15)16-12-6-4-11(14)5-7-12/h2-3,8-9,11-12H,4-7H2,1H3. The lowest BCUT2D eigenvalue weighted by Gasteiger charge is -2.23. The summed E-state index contributed by atoms with van der Waals surface area (Å²) < 4.78 is 30.3. The zero-order valence-corrected chi connectivity index (χ0v) is 10.7. The van der Waals surface area contributed by atoms with E-state index in [1.54, 1.807) is 0 Å². The van der Waals surface area contributed by atoms with E-state index in [0.717, 1.165) is 5.56 Å². The summed E-state index contributed by atoms with van der Waals surface area (Å²) in [6, 6.07) is 7.45. The summed E-state index contributed by atoms with van der Waals surface area (Å²) in [5.74, 6) is 0. The molecule has 0 N–H and O–H groups in total. The molecule has 0 aliphatic heterocycles. The Morgan fingerprint density at radius 3 is 2.35 bits per heavy atom. The van der Waals surface area contributed by atoms with Crippen LogP contribution in [0.1, 0.15) is 31.2 Å². The predicted molar refractivity (Wildman–Crippen MR) is 65.8 cm³/mol. The summed E-state index contributed by atoms with van der Waals surface area (Å²) in [4.78, 5) is 0.679. The first-order valence-corrected chi connectivity index (χ1v) is 7.02. The van der Waals surface area contributed by atoms with Crippen LogP contribution >= 0.6 is 0 Å². The molecule has 1 fully saturated rings. The zero-order valence-electron chi connectivity index (χ0n) is 9.90. The van der Waals surface area contributed by atoms with E-state index in [-0.39, 0.29) is 6.10 Å². The second-order valence-corrected chi connectivity index (χ2v) is 5.65. The highest BCUT2D eigenvalue weighted by molar-refractivity contribution is 7.80. The lowest BCUT2D eigenvalue weighted by Crippen LogP contribution is -2.23. The van der Waals surface area contributed by atoms with Gasteiger partial charge in [0.15, 0.2) is 11.1 Å². The van der Waals surface area contributed by atoms with Gasteiger partial charge in [0.1, 0.15) is 6.17 Å². The third-order valence-corrected chi connectivity index (χ3v) is 4.14. The molecule has 0 amide bonds.